The quantitative estimate of drug-likeness (QED) is 0.369. The maximum absolute atomic E-state index is 12.5. The van der Waals surface area contributed by atoms with Crippen molar-refractivity contribution in [3.63, 3.8) is 0 Å². The van der Waals surface area contributed by atoms with Crippen LogP contribution in [0.4, 0.5) is 8.78 Å². The van der Waals surface area contributed by atoms with E-state index in [4.69, 9.17) is 4.74 Å². The Morgan fingerprint density at radius 2 is 1.88 bits per heavy atom. The van der Waals surface area contributed by atoms with Crippen LogP contribution in [0, 0.1) is 0 Å². The standard InChI is InChI=1S/C23H27F2N5O2/c1-3-31-21-15-18(7-10-20(21)32-22(24)25)16-28-23(26-2)27-13-11-17-5-8-19(9-6-17)30-14-4-12-29-30/h4-10,12,14-15,22H,3,11,13,16H2,1-2H3,(H2,26,27,28). The molecule has 0 atom stereocenters. The van der Waals surface area contributed by atoms with Gasteiger partial charge < -0.3 is 20.1 Å². The van der Waals surface area contributed by atoms with Gasteiger partial charge in [-0.05, 0) is 54.8 Å². The second-order valence-electron chi connectivity index (χ2n) is 6.81. The zero-order valence-electron chi connectivity index (χ0n) is 18.1. The zero-order chi connectivity index (χ0) is 22.8. The van der Waals surface area contributed by atoms with E-state index in [1.807, 2.05) is 29.1 Å². The van der Waals surface area contributed by atoms with Gasteiger partial charge in [0.1, 0.15) is 0 Å². The third kappa shape index (κ3) is 6.69. The van der Waals surface area contributed by atoms with Gasteiger partial charge in [-0.3, -0.25) is 4.99 Å². The van der Waals surface area contributed by atoms with Gasteiger partial charge in [0.15, 0.2) is 17.5 Å². The molecule has 1 heterocycles. The number of nitrogens with one attached hydrogen (secondary N) is 2. The highest BCUT2D eigenvalue weighted by Crippen LogP contribution is 2.29. The van der Waals surface area contributed by atoms with Gasteiger partial charge in [0.05, 0.1) is 12.3 Å². The summed E-state index contributed by atoms with van der Waals surface area (Å²) in [5.41, 5.74) is 3.06. The number of guanidine groups is 1. The van der Waals surface area contributed by atoms with Gasteiger partial charge in [0.25, 0.3) is 0 Å². The minimum atomic E-state index is -2.90. The third-order valence-corrected chi connectivity index (χ3v) is 4.62. The number of halogens is 2. The smallest absolute Gasteiger partial charge is 0.387 e. The minimum Gasteiger partial charge on any atom is -0.490 e. The molecule has 0 radical (unpaired) electrons. The lowest BCUT2D eigenvalue weighted by atomic mass is 10.1. The van der Waals surface area contributed by atoms with Gasteiger partial charge >= 0.3 is 6.61 Å². The topological polar surface area (TPSA) is 72.7 Å². The molecule has 0 aliphatic carbocycles. The number of aromatic nitrogens is 2. The Morgan fingerprint density at radius 1 is 1.09 bits per heavy atom. The Hall–Kier alpha value is -3.62. The fourth-order valence-electron chi connectivity index (χ4n) is 3.09. The summed E-state index contributed by atoms with van der Waals surface area (Å²) in [6.07, 6.45) is 4.48. The Balaban J connectivity index is 1.49. The van der Waals surface area contributed by atoms with E-state index in [-0.39, 0.29) is 11.5 Å². The van der Waals surface area contributed by atoms with Crippen molar-refractivity contribution in [2.75, 3.05) is 20.2 Å². The summed E-state index contributed by atoms with van der Waals surface area (Å²) in [6, 6.07) is 15.0. The first-order chi connectivity index (χ1) is 15.6. The van der Waals surface area contributed by atoms with Crippen molar-refractivity contribution >= 4 is 5.96 Å². The molecule has 0 bridgehead atoms. The Kier molecular flexibility index (Phi) is 8.42. The average Bonchev–Trinajstić information content (AvgIpc) is 3.33. The van der Waals surface area contributed by atoms with Crippen LogP contribution in [-0.2, 0) is 13.0 Å². The van der Waals surface area contributed by atoms with E-state index in [1.165, 1.54) is 11.6 Å². The van der Waals surface area contributed by atoms with Crippen molar-refractivity contribution in [1.82, 2.24) is 20.4 Å². The molecule has 170 valence electrons. The van der Waals surface area contributed by atoms with Crippen LogP contribution >= 0.6 is 0 Å². The molecule has 0 spiro atoms. The zero-order valence-corrected chi connectivity index (χ0v) is 18.1. The van der Waals surface area contributed by atoms with E-state index >= 15 is 0 Å². The van der Waals surface area contributed by atoms with Gasteiger partial charge in [-0.15, -0.1) is 0 Å². The van der Waals surface area contributed by atoms with Crippen molar-refractivity contribution in [2.45, 2.75) is 26.5 Å². The van der Waals surface area contributed by atoms with Crippen LogP contribution in [0.5, 0.6) is 11.5 Å². The first kappa shape index (κ1) is 23.1. The second kappa shape index (κ2) is 11.7. The first-order valence-corrected chi connectivity index (χ1v) is 10.3. The lowest BCUT2D eigenvalue weighted by molar-refractivity contribution is -0.0514. The number of hydrogen-bond acceptors (Lipinski definition) is 4. The predicted octanol–water partition coefficient (Wildman–Crippen LogP) is 3.78. The number of benzene rings is 2. The summed E-state index contributed by atoms with van der Waals surface area (Å²) in [6.45, 7) is 0.388. The van der Waals surface area contributed by atoms with E-state index in [1.54, 1.807) is 32.3 Å². The third-order valence-electron chi connectivity index (χ3n) is 4.62. The predicted molar refractivity (Wildman–Crippen MR) is 120 cm³/mol. The molecule has 0 saturated carbocycles. The molecule has 9 heteroatoms. The molecule has 3 rings (SSSR count). The second-order valence-corrected chi connectivity index (χ2v) is 6.81. The monoisotopic (exact) mass is 443 g/mol. The molecule has 0 aliphatic heterocycles. The highest BCUT2D eigenvalue weighted by molar-refractivity contribution is 5.79. The SMILES string of the molecule is CCOc1cc(CNC(=NC)NCCc2ccc(-n3cccn3)cc2)ccc1OC(F)F. The molecule has 0 unspecified atom stereocenters. The van der Waals surface area contributed by atoms with Crippen LogP contribution in [-0.4, -0.2) is 42.6 Å². The molecule has 7 nitrogen and oxygen atoms in total. The highest BCUT2D eigenvalue weighted by Gasteiger charge is 2.12. The molecule has 32 heavy (non-hydrogen) atoms. The molecule has 2 aromatic carbocycles. The van der Waals surface area contributed by atoms with Crippen molar-refractivity contribution in [1.29, 1.82) is 0 Å². The summed E-state index contributed by atoms with van der Waals surface area (Å²) in [7, 11) is 1.69. The van der Waals surface area contributed by atoms with Crippen LogP contribution in [0.3, 0.4) is 0 Å². The summed E-state index contributed by atoms with van der Waals surface area (Å²) >= 11 is 0. The van der Waals surface area contributed by atoms with Crippen LogP contribution in [0.1, 0.15) is 18.1 Å². The lowest BCUT2D eigenvalue weighted by Crippen LogP contribution is -2.37. The van der Waals surface area contributed by atoms with Crippen molar-refractivity contribution in [2.24, 2.45) is 4.99 Å². The van der Waals surface area contributed by atoms with Crippen molar-refractivity contribution in [3.8, 4) is 17.2 Å². The van der Waals surface area contributed by atoms with Crippen LogP contribution in [0.25, 0.3) is 5.69 Å². The fraction of sp³-hybridized carbons (Fsp3) is 0.304. The van der Waals surface area contributed by atoms with Gasteiger partial charge in [-0.25, -0.2) is 4.68 Å². The van der Waals surface area contributed by atoms with Gasteiger partial charge in [0, 0.05) is 32.5 Å². The summed E-state index contributed by atoms with van der Waals surface area (Å²) in [4.78, 5) is 4.23. The maximum atomic E-state index is 12.5. The highest BCUT2D eigenvalue weighted by atomic mass is 19.3. The van der Waals surface area contributed by atoms with Crippen molar-refractivity contribution < 1.29 is 18.3 Å². The van der Waals surface area contributed by atoms with Gasteiger partial charge in [-0.1, -0.05) is 18.2 Å². The average molecular weight is 443 g/mol. The summed E-state index contributed by atoms with van der Waals surface area (Å²) in [5.74, 6) is 0.948. The largest absolute Gasteiger partial charge is 0.490 e. The van der Waals surface area contributed by atoms with E-state index in [0.717, 1.165) is 17.7 Å². The molecule has 0 fully saturated rings. The van der Waals surface area contributed by atoms with E-state index in [9.17, 15) is 8.78 Å². The Bertz CT molecular complexity index is 992. The molecule has 0 saturated heterocycles. The van der Waals surface area contributed by atoms with Crippen LogP contribution < -0.4 is 20.1 Å². The van der Waals surface area contributed by atoms with E-state index in [0.29, 0.717) is 25.7 Å². The Morgan fingerprint density at radius 3 is 2.53 bits per heavy atom. The normalized spacial score (nSPS) is 11.5. The van der Waals surface area contributed by atoms with Gasteiger partial charge in [0.2, 0.25) is 0 Å². The first-order valence-electron chi connectivity index (χ1n) is 10.3. The molecule has 3 aromatic rings. The fourth-order valence-corrected chi connectivity index (χ4v) is 3.09. The molecule has 1 aromatic heterocycles. The number of alkyl halides is 2. The number of aliphatic imine (C=N–C) groups is 1. The molecule has 0 aliphatic rings. The lowest BCUT2D eigenvalue weighted by Gasteiger charge is -2.15. The molecule has 0 amide bonds. The minimum absolute atomic E-state index is 0.0201. The Labute approximate surface area is 186 Å². The number of nitrogens with zero attached hydrogens (tertiary/aromatic N) is 3. The number of rotatable bonds is 10. The van der Waals surface area contributed by atoms with E-state index in [2.05, 4.69) is 37.6 Å². The van der Waals surface area contributed by atoms with E-state index < -0.39 is 6.61 Å². The summed E-state index contributed by atoms with van der Waals surface area (Å²) in [5, 5.41) is 10.7. The van der Waals surface area contributed by atoms with Gasteiger partial charge in [-0.2, -0.15) is 13.9 Å². The molecule has 2 N–H and O–H groups in total. The molecular formula is C23H27F2N5O2. The van der Waals surface area contributed by atoms with Crippen LogP contribution in [0.15, 0.2) is 65.9 Å². The van der Waals surface area contributed by atoms with Crippen molar-refractivity contribution in [3.05, 3.63) is 72.1 Å². The molecular weight excluding hydrogens is 416 g/mol. The van der Waals surface area contributed by atoms with Crippen LogP contribution in [0.2, 0.25) is 0 Å². The number of ether oxygens (including phenoxy) is 2. The maximum Gasteiger partial charge on any atom is 0.387 e. The summed E-state index contributed by atoms with van der Waals surface area (Å²) < 4.78 is 36.8. The number of hydrogen-bond donors (Lipinski definition) is 2.